The Morgan fingerprint density at radius 1 is 1.04 bits per heavy atom. The number of hydrogen-bond donors (Lipinski definition) is 1. The van der Waals surface area contributed by atoms with Gasteiger partial charge in [0.15, 0.2) is 6.61 Å². The summed E-state index contributed by atoms with van der Waals surface area (Å²) in [6.45, 7) is 1.84. The molecule has 2 aromatic rings. The first-order valence-electron chi connectivity index (χ1n) is 7.31. The maximum atomic E-state index is 12.0. The molecular formula is C17H20N2O4S. The highest BCUT2D eigenvalue weighted by atomic mass is 32.2. The van der Waals surface area contributed by atoms with E-state index in [9.17, 15) is 13.2 Å². The minimum atomic E-state index is -3.48. The predicted octanol–water partition coefficient (Wildman–Crippen LogP) is 2.26. The van der Waals surface area contributed by atoms with Crippen molar-refractivity contribution >= 4 is 21.6 Å². The zero-order valence-electron chi connectivity index (χ0n) is 13.8. The van der Waals surface area contributed by atoms with Gasteiger partial charge in [-0.3, -0.25) is 4.79 Å². The summed E-state index contributed by atoms with van der Waals surface area (Å²) < 4.78 is 30.5. The molecule has 0 aliphatic heterocycles. The molecule has 0 aliphatic carbocycles. The summed E-state index contributed by atoms with van der Waals surface area (Å²) >= 11 is 0. The number of rotatable bonds is 6. The van der Waals surface area contributed by atoms with Crippen molar-refractivity contribution < 1.29 is 17.9 Å². The predicted molar refractivity (Wildman–Crippen MR) is 92.6 cm³/mol. The summed E-state index contributed by atoms with van der Waals surface area (Å²) in [6.07, 6.45) is 0. The number of carbonyl (C=O) groups is 1. The third-order valence-corrected chi connectivity index (χ3v) is 5.14. The summed E-state index contributed by atoms with van der Waals surface area (Å²) in [6, 6.07) is 13.4. The van der Waals surface area contributed by atoms with Gasteiger partial charge in [0.05, 0.1) is 4.90 Å². The number of benzene rings is 2. The normalized spacial score (nSPS) is 11.3. The van der Waals surface area contributed by atoms with Gasteiger partial charge in [0, 0.05) is 19.8 Å². The monoisotopic (exact) mass is 348 g/mol. The van der Waals surface area contributed by atoms with Crippen molar-refractivity contribution in [2.75, 3.05) is 26.0 Å². The highest BCUT2D eigenvalue weighted by molar-refractivity contribution is 7.89. The lowest BCUT2D eigenvalue weighted by molar-refractivity contribution is -0.118. The van der Waals surface area contributed by atoms with Crippen LogP contribution in [0.15, 0.2) is 53.4 Å². The number of carbonyl (C=O) groups excluding carboxylic acids is 1. The summed E-state index contributed by atoms with van der Waals surface area (Å²) in [7, 11) is -0.545. The van der Waals surface area contributed by atoms with Crippen LogP contribution < -0.4 is 10.1 Å². The van der Waals surface area contributed by atoms with Crippen LogP contribution in [0.3, 0.4) is 0 Å². The van der Waals surface area contributed by atoms with Crippen LogP contribution in [-0.4, -0.2) is 39.3 Å². The van der Waals surface area contributed by atoms with E-state index in [4.69, 9.17) is 4.74 Å². The fraction of sp³-hybridized carbons (Fsp3) is 0.235. The summed E-state index contributed by atoms with van der Waals surface area (Å²) in [5, 5.41) is 2.66. The van der Waals surface area contributed by atoms with E-state index in [0.29, 0.717) is 11.4 Å². The number of sulfonamides is 1. The molecule has 6 nitrogen and oxygen atoms in total. The van der Waals surface area contributed by atoms with E-state index in [1.54, 1.807) is 24.3 Å². The van der Waals surface area contributed by atoms with E-state index in [1.165, 1.54) is 26.2 Å². The topological polar surface area (TPSA) is 75.7 Å². The average Bonchev–Trinajstić information content (AvgIpc) is 2.54. The molecule has 1 N–H and O–H groups in total. The lowest BCUT2D eigenvalue weighted by Crippen LogP contribution is -2.22. The Morgan fingerprint density at radius 3 is 2.17 bits per heavy atom. The minimum Gasteiger partial charge on any atom is -0.484 e. The second kappa shape index (κ2) is 7.46. The number of hydrogen-bond acceptors (Lipinski definition) is 4. The molecule has 0 saturated carbocycles. The van der Waals surface area contributed by atoms with E-state index in [1.807, 2.05) is 19.1 Å². The van der Waals surface area contributed by atoms with Crippen molar-refractivity contribution in [1.82, 2.24) is 4.31 Å². The fourth-order valence-corrected chi connectivity index (χ4v) is 2.80. The highest BCUT2D eigenvalue weighted by Crippen LogP contribution is 2.17. The molecule has 2 rings (SSSR count). The zero-order valence-corrected chi connectivity index (χ0v) is 14.6. The van der Waals surface area contributed by atoms with Gasteiger partial charge < -0.3 is 10.1 Å². The fourth-order valence-electron chi connectivity index (χ4n) is 1.90. The van der Waals surface area contributed by atoms with Crippen LogP contribution in [0.2, 0.25) is 0 Å². The summed E-state index contributed by atoms with van der Waals surface area (Å²) in [4.78, 5) is 12.0. The van der Waals surface area contributed by atoms with Crippen LogP contribution in [0.4, 0.5) is 5.69 Å². The molecule has 0 atom stereocenters. The second-order valence-corrected chi connectivity index (χ2v) is 7.61. The first-order chi connectivity index (χ1) is 11.3. The number of aryl methyl sites for hydroxylation is 1. The third-order valence-electron chi connectivity index (χ3n) is 3.31. The SMILES string of the molecule is Cc1ccc(OCC(=O)Nc2ccc(S(=O)(=O)N(C)C)cc2)cc1. The Balaban J connectivity index is 1.93. The van der Waals surface area contributed by atoms with Crippen LogP contribution in [0.1, 0.15) is 5.56 Å². The molecule has 1 amide bonds. The molecule has 0 spiro atoms. The lowest BCUT2D eigenvalue weighted by Gasteiger charge is -2.12. The van der Waals surface area contributed by atoms with Crippen LogP contribution in [0.25, 0.3) is 0 Å². The van der Waals surface area contributed by atoms with Gasteiger partial charge in [-0.1, -0.05) is 17.7 Å². The number of amides is 1. The first kappa shape index (κ1) is 18.0. The molecule has 0 heterocycles. The largest absolute Gasteiger partial charge is 0.484 e. The molecule has 0 aromatic heterocycles. The first-order valence-corrected chi connectivity index (χ1v) is 8.75. The van der Waals surface area contributed by atoms with Gasteiger partial charge in [0.2, 0.25) is 10.0 Å². The number of nitrogens with one attached hydrogen (secondary N) is 1. The van der Waals surface area contributed by atoms with Crippen LogP contribution >= 0.6 is 0 Å². The molecular weight excluding hydrogens is 328 g/mol. The smallest absolute Gasteiger partial charge is 0.262 e. The van der Waals surface area contributed by atoms with Crippen molar-refractivity contribution in [3.05, 3.63) is 54.1 Å². The maximum Gasteiger partial charge on any atom is 0.262 e. The van der Waals surface area contributed by atoms with E-state index in [2.05, 4.69) is 5.32 Å². The van der Waals surface area contributed by atoms with Crippen molar-refractivity contribution in [3.8, 4) is 5.75 Å². The maximum absolute atomic E-state index is 12.0. The number of ether oxygens (including phenoxy) is 1. The van der Waals surface area contributed by atoms with Crippen LogP contribution in [0.5, 0.6) is 5.75 Å². The van der Waals surface area contributed by atoms with Gasteiger partial charge in [-0.15, -0.1) is 0 Å². The molecule has 0 bridgehead atoms. The Hall–Kier alpha value is -2.38. The van der Waals surface area contributed by atoms with Crippen molar-refractivity contribution in [2.45, 2.75) is 11.8 Å². The molecule has 7 heteroatoms. The summed E-state index contributed by atoms with van der Waals surface area (Å²) in [5.74, 6) is 0.293. The van der Waals surface area contributed by atoms with E-state index in [-0.39, 0.29) is 17.4 Å². The Bertz CT molecular complexity index is 797. The quantitative estimate of drug-likeness (QED) is 0.869. The average molecular weight is 348 g/mol. The van der Waals surface area contributed by atoms with Crippen molar-refractivity contribution in [3.63, 3.8) is 0 Å². The molecule has 2 aromatic carbocycles. The third kappa shape index (κ3) is 4.56. The molecule has 128 valence electrons. The Kier molecular flexibility index (Phi) is 5.58. The lowest BCUT2D eigenvalue weighted by atomic mass is 10.2. The molecule has 0 saturated heterocycles. The minimum absolute atomic E-state index is 0.124. The van der Waals surface area contributed by atoms with Crippen molar-refractivity contribution in [2.24, 2.45) is 0 Å². The van der Waals surface area contributed by atoms with Crippen molar-refractivity contribution in [1.29, 1.82) is 0 Å². The molecule has 0 unspecified atom stereocenters. The second-order valence-electron chi connectivity index (χ2n) is 5.46. The molecule has 0 fully saturated rings. The molecule has 0 radical (unpaired) electrons. The van der Waals surface area contributed by atoms with Gasteiger partial charge in [-0.05, 0) is 43.3 Å². The summed E-state index contributed by atoms with van der Waals surface area (Å²) in [5.41, 5.74) is 1.62. The van der Waals surface area contributed by atoms with Crippen LogP contribution in [0, 0.1) is 6.92 Å². The zero-order chi connectivity index (χ0) is 17.7. The number of anilines is 1. The van der Waals surface area contributed by atoms with Gasteiger partial charge in [-0.25, -0.2) is 12.7 Å². The number of nitrogens with zero attached hydrogens (tertiary/aromatic N) is 1. The van der Waals surface area contributed by atoms with Gasteiger partial charge in [-0.2, -0.15) is 0 Å². The van der Waals surface area contributed by atoms with Gasteiger partial charge >= 0.3 is 0 Å². The van der Waals surface area contributed by atoms with Gasteiger partial charge in [0.1, 0.15) is 5.75 Å². The highest BCUT2D eigenvalue weighted by Gasteiger charge is 2.16. The standard InChI is InChI=1S/C17H20N2O4S/c1-13-4-8-15(9-5-13)23-12-17(20)18-14-6-10-16(11-7-14)24(21,22)19(2)3/h4-11H,12H2,1-3H3,(H,18,20). The molecule has 24 heavy (non-hydrogen) atoms. The van der Waals surface area contributed by atoms with E-state index >= 15 is 0 Å². The van der Waals surface area contributed by atoms with E-state index in [0.717, 1.165) is 9.87 Å². The molecule has 0 aliphatic rings. The Morgan fingerprint density at radius 2 is 1.62 bits per heavy atom. The van der Waals surface area contributed by atoms with Crippen LogP contribution in [-0.2, 0) is 14.8 Å². The Labute approximate surface area is 142 Å². The van der Waals surface area contributed by atoms with Gasteiger partial charge in [0.25, 0.3) is 5.91 Å². The van der Waals surface area contributed by atoms with E-state index < -0.39 is 10.0 Å².